The van der Waals surface area contributed by atoms with Crippen LogP contribution in [0.25, 0.3) is 10.2 Å². The van der Waals surface area contributed by atoms with Gasteiger partial charge in [0.2, 0.25) is 12.7 Å². The minimum absolute atomic E-state index is 0.117. The number of carbonyl (C=O) groups excluding carboxylic acids is 3. The van der Waals surface area contributed by atoms with Gasteiger partial charge in [0.25, 0.3) is 5.91 Å². The summed E-state index contributed by atoms with van der Waals surface area (Å²) >= 11 is 1.71. The molecule has 35 heavy (non-hydrogen) atoms. The minimum atomic E-state index is -1.28. The summed E-state index contributed by atoms with van der Waals surface area (Å²) in [6.45, 7) is 2.62. The number of amides is 4. The fourth-order valence-electron chi connectivity index (χ4n) is 4.92. The van der Waals surface area contributed by atoms with E-state index in [0.717, 1.165) is 28.3 Å². The van der Waals surface area contributed by atoms with Crippen molar-refractivity contribution in [3.8, 4) is 11.5 Å². The highest BCUT2D eigenvalue weighted by molar-refractivity contribution is 7.18. The molecular formula is C25H24N4O5S. The van der Waals surface area contributed by atoms with E-state index in [-0.39, 0.29) is 19.2 Å². The largest absolute Gasteiger partial charge is 0.454 e. The number of rotatable bonds is 4. The maximum atomic E-state index is 13.3. The van der Waals surface area contributed by atoms with Crippen LogP contribution in [0, 0.1) is 0 Å². The Labute approximate surface area is 205 Å². The second kappa shape index (κ2) is 8.23. The van der Waals surface area contributed by atoms with E-state index in [0.29, 0.717) is 36.1 Å². The summed E-state index contributed by atoms with van der Waals surface area (Å²) in [5.41, 5.74) is 0.305. The molecule has 0 spiro atoms. The molecule has 3 aromatic rings. The number of hydrogen-bond donors (Lipinski definition) is 1. The second-order valence-electron chi connectivity index (χ2n) is 9.19. The van der Waals surface area contributed by atoms with Crippen LogP contribution >= 0.6 is 11.3 Å². The Bertz CT molecular complexity index is 1320. The molecule has 0 aliphatic carbocycles. The first-order valence-electron chi connectivity index (χ1n) is 11.6. The van der Waals surface area contributed by atoms with Crippen LogP contribution < -0.4 is 14.8 Å². The van der Waals surface area contributed by atoms with E-state index in [1.54, 1.807) is 41.4 Å². The Morgan fingerprint density at radius 1 is 1.14 bits per heavy atom. The van der Waals surface area contributed by atoms with Crippen molar-refractivity contribution in [2.24, 2.45) is 0 Å². The van der Waals surface area contributed by atoms with Gasteiger partial charge in [0.05, 0.1) is 15.2 Å². The van der Waals surface area contributed by atoms with E-state index in [1.165, 1.54) is 4.70 Å². The first-order valence-corrected chi connectivity index (χ1v) is 12.4. The van der Waals surface area contributed by atoms with E-state index in [2.05, 4.69) is 11.4 Å². The van der Waals surface area contributed by atoms with Gasteiger partial charge in [-0.1, -0.05) is 18.2 Å². The third-order valence-electron chi connectivity index (χ3n) is 7.03. The molecule has 4 amide bonds. The molecule has 6 rings (SSSR count). The molecule has 0 saturated carbocycles. The van der Waals surface area contributed by atoms with Crippen LogP contribution in [0.4, 0.5) is 4.79 Å². The van der Waals surface area contributed by atoms with Crippen molar-refractivity contribution < 1.29 is 23.9 Å². The van der Waals surface area contributed by atoms with Gasteiger partial charge in [0.1, 0.15) is 12.1 Å². The van der Waals surface area contributed by atoms with E-state index in [1.807, 2.05) is 18.2 Å². The molecule has 0 bridgehead atoms. The van der Waals surface area contributed by atoms with Gasteiger partial charge in [0.15, 0.2) is 11.5 Å². The number of ether oxygens (including phenoxy) is 2. The zero-order chi connectivity index (χ0) is 24.2. The number of fused-ring (bicyclic) bond motifs is 2. The van der Waals surface area contributed by atoms with Gasteiger partial charge in [-0.15, -0.1) is 11.3 Å². The highest BCUT2D eigenvalue weighted by atomic mass is 32.1. The maximum absolute atomic E-state index is 13.3. The van der Waals surface area contributed by atoms with Gasteiger partial charge in [0, 0.05) is 19.0 Å². The molecule has 1 atom stereocenters. The van der Waals surface area contributed by atoms with E-state index in [9.17, 15) is 14.4 Å². The summed E-state index contributed by atoms with van der Waals surface area (Å²) < 4.78 is 11.9. The molecule has 1 aromatic heterocycles. The quantitative estimate of drug-likeness (QED) is 0.562. The highest BCUT2D eigenvalue weighted by Gasteiger charge is 2.50. The standard InChI is InChI=1S/C25H24N4O5S/c1-25(16-6-7-18-19(12-16)34-14-33-18)23(31)29(24(32)27-25)13-21(30)28-10-8-15(9-11-28)22-26-17-4-2-3-5-20(17)35-22/h2-7,12,15H,8-11,13-14H2,1H3,(H,27,32)/t25-/m0/s1. The number of nitrogens with one attached hydrogen (secondary N) is 1. The third kappa shape index (κ3) is 3.68. The SMILES string of the molecule is C[C@@]1(c2ccc3c(c2)OCO3)NC(=O)N(CC(=O)N2CCC(c3nc4ccccc4s3)CC2)C1=O. The number of carbonyl (C=O) groups is 3. The molecule has 1 N–H and O–H groups in total. The van der Waals surface area contributed by atoms with Crippen LogP contribution in [0.1, 0.15) is 36.3 Å². The summed E-state index contributed by atoms with van der Waals surface area (Å²) in [6, 6.07) is 12.6. The maximum Gasteiger partial charge on any atom is 0.325 e. The van der Waals surface area contributed by atoms with Gasteiger partial charge in [-0.3, -0.25) is 14.5 Å². The lowest BCUT2D eigenvalue weighted by molar-refractivity contribution is -0.139. The highest BCUT2D eigenvalue weighted by Crippen LogP contribution is 2.38. The van der Waals surface area contributed by atoms with Crippen molar-refractivity contribution in [1.29, 1.82) is 0 Å². The topological polar surface area (TPSA) is 101 Å². The van der Waals surface area contributed by atoms with Gasteiger partial charge in [-0.25, -0.2) is 9.78 Å². The molecule has 3 aliphatic rings. The number of aromatic nitrogens is 1. The number of thiazole rings is 1. The molecule has 9 nitrogen and oxygen atoms in total. The molecule has 2 fully saturated rings. The first kappa shape index (κ1) is 21.8. The monoisotopic (exact) mass is 492 g/mol. The van der Waals surface area contributed by atoms with Crippen LogP contribution in [-0.2, 0) is 15.1 Å². The number of para-hydroxylation sites is 1. The Hall–Kier alpha value is -3.66. The number of likely N-dealkylation sites (tertiary alicyclic amines) is 1. The number of piperidine rings is 1. The number of urea groups is 1. The van der Waals surface area contributed by atoms with Crippen molar-refractivity contribution in [3.05, 3.63) is 53.0 Å². The summed E-state index contributed by atoms with van der Waals surface area (Å²) in [4.78, 5) is 46.5. The van der Waals surface area contributed by atoms with Crippen molar-refractivity contribution >= 4 is 39.4 Å². The molecule has 0 unspecified atom stereocenters. The molecule has 3 aliphatic heterocycles. The predicted octanol–water partition coefficient (Wildman–Crippen LogP) is 3.20. The van der Waals surface area contributed by atoms with E-state index in [4.69, 9.17) is 14.5 Å². The summed E-state index contributed by atoms with van der Waals surface area (Å²) in [5, 5.41) is 3.85. The molecule has 180 valence electrons. The van der Waals surface area contributed by atoms with E-state index >= 15 is 0 Å². The average molecular weight is 493 g/mol. The van der Waals surface area contributed by atoms with Gasteiger partial charge in [-0.2, -0.15) is 0 Å². The third-order valence-corrected chi connectivity index (χ3v) is 8.22. The fourth-order valence-corrected chi connectivity index (χ4v) is 6.06. The van der Waals surface area contributed by atoms with Crippen LogP contribution in [0.2, 0.25) is 0 Å². The van der Waals surface area contributed by atoms with Crippen molar-refractivity contribution in [3.63, 3.8) is 0 Å². The summed E-state index contributed by atoms with van der Waals surface area (Å²) in [7, 11) is 0. The number of imide groups is 1. The Morgan fingerprint density at radius 3 is 2.71 bits per heavy atom. The van der Waals surface area contributed by atoms with Crippen LogP contribution in [0.5, 0.6) is 11.5 Å². The minimum Gasteiger partial charge on any atom is -0.454 e. The Morgan fingerprint density at radius 2 is 1.91 bits per heavy atom. The van der Waals surface area contributed by atoms with E-state index < -0.39 is 17.5 Å². The molecule has 2 saturated heterocycles. The molecule has 10 heteroatoms. The van der Waals surface area contributed by atoms with Gasteiger partial charge >= 0.3 is 6.03 Å². The number of nitrogens with zero attached hydrogens (tertiary/aromatic N) is 3. The normalized spacial score (nSPS) is 22.2. The smallest absolute Gasteiger partial charge is 0.325 e. The molecule has 4 heterocycles. The molecule has 2 aromatic carbocycles. The zero-order valence-corrected chi connectivity index (χ0v) is 20.0. The van der Waals surface area contributed by atoms with Crippen LogP contribution in [-0.4, -0.2) is 59.1 Å². The van der Waals surface area contributed by atoms with Crippen molar-refractivity contribution in [2.45, 2.75) is 31.2 Å². The lowest BCUT2D eigenvalue weighted by atomic mass is 9.91. The first-order chi connectivity index (χ1) is 16.9. The van der Waals surface area contributed by atoms with Crippen molar-refractivity contribution in [1.82, 2.24) is 20.1 Å². The Kier molecular flexibility index (Phi) is 5.14. The van der Waals surface area contributed by atoms with Gasteiger partial charge in [-0.05, 0) is 49.6 Å². The molecular weight excluding hydrogens is 468 g/mol. The zero-order valence-electron chi connectivity index (χ0n) is 19.2. The summed E-state index contributed by atoms with van der Waals surface area (Å²) in [6.07, 6.45) is 1.61. The Balaban J connectivity index is 1.11. The number of hydrogen-bond acceptors (Lipinski definition) is 7. The fraction of sp³-hybridized carbons (Fsp3) is 0.360. The van der Waals surface area contributed by atoms with Crippen LogP contribution in [0.3, 0.4) is 0 Å². The lowest BCUT2D eigenvalue weighted by Gasteiger charge is -2.32. The predicted molar refractivity (Wildman–Crippen MR) is 128 cm³/mol. The molecule has 0 radical (unpaired) electrons. The number of benzene rings is 2. The summed E-state index contributed by atoms with van der Waals surface area (Å²) in [5.74, 6) is 0.736. The van der Waals surface area contributed by atoms with Gasteiger partial charge < -0.3 is 19.7 Å². The second-order valence-corrected chi connectivity index (χ2v) is 10.3. The van der Waals surface area contributed by atoms with Crippen molar-refractivity contribution in [2.75, 3.05) is 26.4 Å². The average Bonchev–Trinajstić information content (AvgIpc) is 3.57. The van der Waals surface area contributed by atoms with Crippen LogP contribution in [0.15, 0.2) is 42.5 Å². The lowest BCUT2D eigenvalue weighted by Crippen LogP contribution is -2.46.